The van der Waals surface area contributed by atoms with Crippen LogP contribution in [0, 0.1) is 6.92 Å². The lowest BCUT2D eigenvalue weighted by Crippen LogP contribution is -2.31. The molecule has 0 radical (unpaired) electrons. The van der Waals surface area contributed by atoms with Crippen molar-refractivity contribution >= 4 is 34.6 Å². The van der Waals surface area contributed by atoms with Crippen LogP contribution >= 0.6 is 23.8 Å². The summed E-state index contributed by atoms with van der Waals surface area (Å²) in [5.41, 5.74) is 9.90. The number of hydrogen-bond donors (Lipinski definition) is 1. The molecule has 0 aromatic heterocycles. The molecule has 0 saturated carbocycles. The lowest BCUT2D eigenvalue weighted by atomic mass is 9.97. The lowest BCUT2D eigenvalue weighted by molar-refractivity contribution is 0.348. The Morgan fingerprint density at radius 3 is 2.46 bits per heavy atom. The quantitative estimate of drug-likeness (QED) is 0.799. The molecule has 0 saturated heterocycles. The highest BCUT2D eigenvalue weighted by molar-refractivity contribution is 7.80. The second kappa shape index (κ2) is 7.51. The molecule has 1 aliphatic heterocycles. The number of hydrogen-bond acceptors (Lipinski definition) is 4. The summed E-state index contributed by atoms with van der Waals surface area (Å²) in [5.74, 6) is 1.05. The van der Waals surface area contributed by atoms with Crippen molar-refractivity contribution in [3.05, 3.63) is 58.1 Å². The summed E-state index contributed by atoms with van der Waals surface area (Å²) in [6, 6.07) is 11.7. The maximum Gasteiger partial charge on any atom is 0.187 e. The van der Waals surface area contributed by atoms with E-state index in [-0.39, 0.29) is 11.2 Å². The highest BCUT2D eigenvalue weighted by Gasteiger charge is 2.33. The Bertz CT molecular complexity index is 868. The average Bonchev–Trinajstić information content (AvgIpc) is 3.07. The maximum atomic E-state index is 6.59. The molecule has 5 nitrogen and oxygen atoms in total. The van der Waals surface area contributed by atoms with Gasteiger partial charge in [0.05, 0.1) is 31.0 Å². The summed E-state index contributed by atoms with van der Waals surface area (Å²) in [6.07, 6.45) is 0.635. The van der Waals surface area contributed by atoms with E-state index in [1.54, 1.807) is 19.2 Å². The van der Waals surface area contributed by atoms with Crippen molar-refractivity contribution in [2.75, 3.05) is 14.2 Å². The summed E-state index contributed by atoms with van der Waals surface area (Å²) in [7, 11) is 3.13. The first-order chi connectivity index (χ1) is 12.5. The lowest BCUT2D eigenvalue weighted by Gasteiger charge is -2.24. The van der Waals surface area contributed by atoms with E-state index in [0.29, 0.717) is 22.9 Å². The Balaban J connectivity index is 2.01. The second-order valence-electron chi connectivity index (χ2n) is 6.02. The fraction of sp³-hybridized carbons (Fsp3) is 0.263. The van der Waals surface area contributed by atoms with Crippen molar-refractivity contribution in [2.45, 2.75) is 19.4 Å². The van der Waals surface area contributed by atoms with Gasteiger partial charge in [-0.2, -0.15) is 5.10 Å². The van der Waals surface area contributed by atoms with Crippen LogP contribution < -0.4 is 15.2 Å². The van der Waals surface area contributed by atoms with Gasteiger partial charge in [0.1, 0.15) is 0 Å². The third kappa shape index (κ3) is 3.34. The van der Waals surface area contributed by atoms with Gasteiger partial charge in [-0.15, -0.1) is 0 Å². The number of ether oxygens (including phenoxy) is 2. The first-order valence-electron chi connectivity index (χ1n) is 8.09. The number of rotatable bonds is 4. The monoisotopic (exact) mass is 389 g/mol. The summed E-state index contributed by atoms with van der Waals surface area (Å²) in [5, 5.41) is 6.94. The molecule has 1 unspecified atom stereocenters. The molecule has 1 atom stereocenters. The molecule has 2 N–H and O–H groups in total. The Morgan fingerprint density at radius 2 is 1.88 bits per heavy atom. The topological polar surface area (TPSA) is 60.1 Å². The highest BCUT2D eigenvalue weighted by Crippen LogP contribution is 2.43. The van der Waals surface area contributed by atoms with Gasteiger partial charge in [0.2, 0.25) is 0 Å². The minimum absolute atomic E-state index is 0.197. The zero-order valence-corrected chi connectivity index (χ0v) is 16.4. The van der Waals surface area contributed by atoms with E-state index in [1.165, 1.54) is 5.56 Å². The van der Waals surface area contributed by atoms with E-state index >= 15 is 0 Å². The van der Waals surface area contributed by atoms with Crippen LogP contribution in [0.5, 0.6) is 11.5 Å². The third-order valence-corrected chi connectivity index (χ3v) is 4.97. The Morgan fingerprint density at radius 1 is 1.19 bits per heavy atom. The number of nitrogens with zero attached hydrogens (tertiary/aromatic N) is 2. The van der Waals surface area contributed by atoms with Gasteiger partial charge < -0.3 is 15.2 Å². The van der Waals surface area contributed by atoms with Crippen LogP contribution in [0.4, 0.5) is 0 Å². The molecular formula is C19H20ClN3O2S. The summed E-state index contributed by atoms with van der Waals surface area (Å²) >= 11 is 11.8. The van der Waals surface area contributed by atoms with Crippen LogP contribution in [0.15, 0.2) is 41.5 Å². The molecule has 26 heavy (non-hydrogen) atoms. The van der Waals surface area contributed by atoms with E-state index in [4.69, 9.17) is 39.0 Å². The van der Waals surface area contributed by atoms with E-state index in [2.05, 4.69) is 17.2 Å². The van der Waals surface area contributed by atoms with E-state index < -0.39 is 0 Å². The van der Waals surface area contributed by atoms with E-state index in [0.717, 1.165) is 16.8 Å². The van der Waals surface area contributed by atoms with Gasteiger partial charge >= 0.3 is 0 Å². The zero-order chi connectivity index (χ0) is 18.8. The normalized spacial score (nSPS) is 16.4. The van der Waals surface area contributed by atoms with E-state index in [9.17, 15) is 0 Å². The number of thiocarbonyl (C=S) groups is 1. The van der Waals surface area contributed by atoms with Crippen LogP contribution in [0.25, 0.3) is 0 Å². The van der Waals surface area contributed by atoms with Crippen LogP contribution in [0.2, 0.25) is 5.02 Å². The van der Waals surface area contributed by atoms with Crippen LogP contribution in [-0.2, 0) is 0 Å². The summed E-state index contributed by atoms with van der Waals surface area (Å²) < 4.78 is 10.7. The van der Waals surface area contributed by atoms with Crippen molar-refractivity contribution < 1.29 is 9.47 Å². The molecular weight excluding hydrogens is 370 g/mol. The van der Waals surface area contributed by atoms with Gasteiger partial charge in [-0.3, -0.25) is 0 Å². The first kappa shape index (κ1) is 18.5. The van der Waals surface area contributed by atoms with Crippen molar-refractivity contribution in [2.24, 2.45) is 10.8 Å². The number of benzene rings is 2. The first-order valence-corrected chi connectivity index (χ1v) is 8.88. The number of hydrazone groups is 1. The van der Waals surface area contributed by atoms with Gasteiger partial charge in [-0.1, -0.05) is 47.5 Å². The Kier molecular flexibility index (Phi) is 5.34. The molecule has 0 bridgehead atoms. The molecule has 0 aliphatic carbocycles. The molecule has 0 amide bonds. The molecule has 1 aliphatic rings. The molecule has 2 aromatic carbocycles. The molecule has 1 heterocycles. The third-order valence-electron chi connectivity index (χ3n) is 4.39. The van der Waals surface area contributed by atoms with Gasteiger partial charge in [0, 0.05) is 6.42 Å². The van der Waals surface area contributed by atoms with Crippen molar-refractivity contribution in [1.29, 1.82) is 0 Å². The van der Waals surface area contributed by atoms with Crippen LogP contribution in [-0.4, -0.2) is 30.1 Å². The second-order valence-corrected chi connectivity index (χ2v) is 6.82. The number of aryl methyl sites for hydroxylation is 1. The highest BCUT2D eigenvalue weighted by atomic mass is 35.5. The van der Waals surface area contributed by atoms with Gasteiger partial charge in [-0.25, -0.2) is 5.01 Å². The fourth-order valence-corrected chi connectivity index (χ4v) is 3.57. The SMILES string of the molecule is COc1ccc(C2CC(c3ccc(C)cc3)=NN2C(N)=S)c(Cl)c1OC. The van der Waals surface area contributed by atoms with Gasteiger partial charge in [0.15, 0.2) is 16.6 Å². The number of halogens is 1. The van der Waals surface area contributed by atoms with Crippen molar-refractivity contribution in [3.8, 4) is 11.5 Å². The maximum absolute atomic E-state index is 6.59. The van der Waals surface area contributed by atoms with Crippen LogP contribution in [0.3, 0.4) is 0 Å². The average molecular weight is 390 g/mol. The van der Waals surface area contributed by atoms with E-state index in [1.807, 2.05) is 31.2 Å². The Hall–Kier alpha value is -2.31. The number of methoxy groups -OCH3 is 2. The standard InChI is InChI=1S/C19H20ClN3O2S/c1-11-4-6-12(7-5-11)14-10-15(23(22-14)19(21)26)13-8-9-16(24-2)18(25-3)17(13)20/h4-9,15H,10H2,1-3H3,(H2,21,26). The molecule has 2 aromatic rings. The smallest absolute Gasteiger partial charge is 0.187 e. The summed E-state index contributed by atoms with van der Waals surface area (Å²) in [4.78, 5) is 0. The molecule has 136 valence electrons. The van der Waals surface area contributed by atoms with Crippen molar-refractivity contribution in [1.82, 2.24) is 5.01 Å². The Labute approximate surface area is 163 Å². The van der Waals surface area contributed by atoms with Crippen molar-refractivity contribution in [3.63, 3.8) is 0 Å². The zero-order valence-electron chi connectivity index (χ0n) is 14.8. The fourth-order valence-electron chi connectivity index (χ4n) is 3.04. The molecule has 0 fully saturated rings. The predicted molar refractivity (Wildman–Crippen MR) is 108 cm³/mol. The minimum atomic E-state index is -0.198. The molecule has 7 heteroatoms. The van der Waals surface area contributed by atoms with Crippen LogP contribution in [0.1, 0.15) is 29.2 Å². The van der Waals surface area contributed by atoms with Gasteiger partial charge in [0.25, 0.3) is 0 Å². The summed E-state index contributed by atoms with van der Waals surface area (Å²) in [6.45, 7) is 2.05. The minimum Gasteiger partial charge on any atom is -0.493 e. The number of nitrogens with two attached hydrogens (primary N) is 1. The predicted octanol–water partition coefficient (Wildman–Crippen LogP) is 4.06. The van der Waals surface area contributed by atoms with Gasteiger partial charge in [-0.05, 0) is 36.3 Å². The molecule has 0 spiro atoms. The molecule has 3 rings (SSSR count). The largest absolute Gasteiger partial charge is 0.493 e.